The third-order valence-corrected chi connectivity index (χ3v) is 5.07. The van der Waals surface area contributed by atoms with Crippen LogP contribution < -0.4 is 11.1 Å². The second-order valence-corrected chi connectivity index (χ2v) is 7.36. The third-order valence-electron chi connectivity index (χ3n) is 4.48. The van der Waals surface area contributed by atoms with Crippen LogP contribution in [0.3, 0.4) is 0 Å². The SMILES string of the molecule is NC1=C(C(=O)NCc2ccc(F)cc2Cl)CCN(Cc2cccc(Cl)c2)C1. The number of nitrogens with two attached hydrogens (primary N) is 1. The number of halogens is 3. The Morgan fingerprint density at radius 1 is 1.22 bits per heavy atom. The summed E-state index contributed by atoms with van der Waals surface area (Å²) in [5.41, 5.74) is 9.06. The van der Waals surface area contributed by atoms with E-state index in [1.807, 2.05) is 24.3 Å². The first-order valence-corrected chi connectivity index (χ1v) is 9.34. The predicted molar refractivity (Wildman–Crippen MR) is 106 cm³/mol. The van der Waals surface area contributed by atoms with Gasteiger partial charge in [0.1, 0.15) is 5.82 Å². The lowest BCUT2D eigenvalue weighted by molar-refractivity contribution is -0.118. The lowest BCUT2D eigenvalue weighted by atomic mass is 10.0. The first-order valence-electron chi connectivity index (χ1n) is 8.59. The Bertz CT molecular complexity index is 885. The Balaban J connectivity index is 1.59. The van der Waals surface area contributed by atoms with Crippen molar-refractivity contribution in [3.8, 4) is 0 Å². The minimum absolute atomic E-state index is 0.213. The number of benzene rings is 2. The first kappa shape index (κ1) is 19.7. The van der Waals surface area contributed by atoms with Gasteiger partial charge in [0, 0.05) is 47.5 Å². The van der Waals surface area contributed by atoms with E-state index in [1.54, 1.807) is 6.07 Å². The van der Waals surface area contributed by atoms with Crippen LogP contribution in [0, 0.1) is 5.82 Å². The average Bonchev–Trinajstić information content (AvgIpc) is 2.61. The zero-order valence-electron chi connectivity index (χ0n) is 14.6. The van der Waals surface area contributed by atoms with Gasteiger partial charge in [0.15, 0.2) is 0 Å². The number of hydrogen-bond donors (Lipinski definition) is 2. The summed E-state index contributed by atoms with van der Waals surface area (Å²) in [4.78, 5) is 14.6. The molecule has 0 atom stereocenters. The summed E-state index contributed by atoms with van der Waals surface area (Å²) in [6.45, 7) is 2.20. The highest BCUT2D eigenvalue weighted by atomic mass is 35.5. The van der Waals surface area contributed by atoms with Crippen LogP contribution in [0.2, 0.25) is 10.0 Å². The highest BCUT2D eigenvalue weighted by molar-refractivity contribution is 6.31. The number of rotatable bonds is 5. The molecule has 2 aromatic carbocycles. The molecular formula is C20H20Cl2FN3O. The van der Waals surface area contributed by atoms with E-state index >= 15 is 0 Å². The lowest BCUT2D eigenvalue weighted by Crippen LogP contribution is -2.38. The minimum atomic E-state index is -0.408. The Kier molecular flexibility index (Phi) is 6.37. The summed E-state index contributed by atoms with van der Waals surface area (Å²) in [5, 5.41) is 3.80. The van der Waals surface area contributed by atoms with Gasteiger partial charge in [0.05, 0.1) is 0 Å². The topological polar surface area (TPSA) is 58.4 Å². The van der Waals surface area contributed by atoms with E-state index in [0.717, 1.165) is 18.7 Å². The fourth-order valence-electron chi connectivity index (χ4n) is 3.08. The lowest BCUT2D eigenvalue weighted by Gasteiger charge is -2.29. The maximum absolute atomic E-state index is 13.1. The molecule has 4 nitrogen and oxygen atoms in total. The normalized spacial score (nSPS) is 15.1. The van der Waals surface area contributed by atoms with E-state index in [9.17, 15) is 9.18 Å². The third kappa shape index (κ3) is 5.22. The van der Waals surface area contributed by atoms with Crippen molar-refractivity contribution >= 4 is 29.1 Å². The Hall–Kier alpha value is -2.08. The molecule has 7 heteroatoms. The van der Waals surface area contributed by atoms with Crippen LogP contribution in [0.4, 0.5) is 4.39 Å². The van der Waals surface area contributed by atoms with Gasteiger partial charge in [-0.3, -0.25) is 9.69 Å². The summed E-state index contributed by atoms with van der Waals surface area (Å²) < 4.78 is 13.1. The van der Waals surface area contributed by atoms with Crippen molar-refractivity contribution < 1.29 is 9.18 Å². The second kappa shape index (κ2) is 8.74. The van der Waals surface area contributed by atoms with Crippen LogP contribution in [0.15, 0.2) is 53.7 Å². The quantitative estimate of drug-likeness (QED) is 0.790. The molecule has 0 unspecified atom stereocenters. The molecule has 27 heavy (non-hydrogen) atoms. The molecule has 0 saturated carbocycles. The summed E-state index contributed by atoms with van der Waals surface area (Å²) in [6.07, 6.45) is 0.565. The Morgan fingerprint density at radius 3 is 2.74 bits per heavy atom. The second-order valence-electron chi connectivity index (χ2n) is 6.51. The standard InChI is InChI=1S/C20H20Cl2FN3O/c21-15-3-1-2-13(8-15)11-26-7-6-17(19(24)12-26)20(27)25-10-14-4-5-16(23)9-18(14)22/h1-5,8-9H,6-7,10-12,24H2,(H,25,27). The molecule has 0 saturated heterocycles. The van der Waals surface area contributed by atoms with E-state index < -0.39 is 5.82 Å². The van der Waals surface area contributed by atoms with Gasteiger partial charge in [-0.25, -0.2) is 4.39 Å². The molecule has 0 spiro atoms. The Morgan fingerprint density at radius 2 is 2.04 bits per heavy atom. The molecule has 1 heterocycles. The van der Waals surface area contributed by atoms with Crippen LogP contribution in [0.5, 0.6) is 0 Å². The van der Waals surface area contributed by atoms with Crippen LogP contribution >= 0.6 is 23.2 Å². The molecule has 1 amide bonds. The van der Waals surface area contributed by atoms with Crippen molar-refractivity contribution in [3.05, 3.63) is 80.7 Å². The number of carbonyl (C=O) groups is 1. The van der Waals surface area contributed by atoms with Crippen LogP contribution in [-0.2, 0) is 17.9 Å². The van der Waals surface area contributed by atoms with Crippen LogP contribution in [0.1, 0.15) is 17.5 Å². The van der Waals surface area contributed by atoms with Crippen molar-refractivity contribution in [2.75, 3.05) is 13.1 Å². The van der Waals surface area contributed by atoms with E-state index in [0.29, 0.717) is 34.8 Å². The molecule has 142 valence electrons. The van der Waals surface area contributed by atoms with Crippen molar-refractivity contribution in [3.63, 3.8) is 0 Å². The van der Waals surface area contributed by atoms with Gasteiger partial charge < -0.3 is 11.1 Å². The van der Waals surface area contributed by atoms with E-state index in [-0.39, 0.29) is 17.5 Å². The number of carbonyl (C=O) groups excluding carboxylic acids is 1. The fraction of sp³-hybridized carbons (Fsp3) is 0.250. The highest BCUT2D eigenvalue weighted by Gasteiger charge is 2.22. The molecule has 3 N–H and O–H groups in total. The summed E-state index contributed by atoms with van der Waals surface area (Å²) in [7, 11) is 0. The van der Waals surface area contributed by atoms with Gasteiger partial charge in [-0.15, -0.1) is 0 Å². The summed E-state index contributed by atoms with van der Waals surface area (Å²) in [6, 6.07) is 11.8. The molecule has 0 aliphatic carbocycles. The minimum Gasteiger partial charge on any atom is -0.401 e. The van der Waals surface area contributed by atoms with Gasteiger partial charge in [-0.1, -0.05) is 41.4 Å². The molecule has 0 radical (unpaired) electrons. The summed E-state index contributed by atoms with van der Waals surface area (Å²) in [5.74, 6) is -0.621. The molecule has 1 aliphatic rings. The van der Waals surface area contributed by atoms with Crippen molar-refractivity contribution in [2.24, 2.45) is 5.73 Å². The van der Waals surface area contributed by atoms with Crippen molar-refractivity contribution in [2.45, 2.75) is 19.5 Å². The highest BCUT2D eigenvalue weighted by Crippen LogP contribution is 2.20. The van der Waals surface area contributed by atoms with Gasteiger partial charge in [0.25, 0.3) is 0 Å². The molecule has 3 rings (SSSR count). The molecule has 2 aromatic rings. The number of nitrogens with zero attached hydrogens (tertiary/aromatic N) is 1. The first-order chi connectivity index (χ1) is 12.9. The maximum atomic E-state index is 13.1. The van der Waals surface area contributed by atoms with E-state index in [2.05, 4.69) is 10.2 Å². The molecule has 0 bridgehead atoms. The predicted octanol–water partition coefficient (Wildman–Crippen LogP) is 3.87. The van der Waals surface area contributed by atoms with Gasteiger partial charge in [0.2, 0.25) is 5.91 Å². The molecule has 0 aromatic heterocycles. The van der Waals surface area contributed by atoms with Crippen LogP contribution in [0.25, 0.3) is 0 Å². The molecule has 0 fully saturated rings. The largest absolute Gasteiger partial charge is 0.401 e. The van der Waals surface area contributed by atoms with Gasteiger partial charge in [-0.05, 0) is 41.8 Å². The van der Waals surface area contributed by atoms with Gasteiger partial charge >= 0.3 is 0 Å². The summed E-state index contributed by atoms with van der Waals surface area (Å²) >= 11 is 12.0. The van der Waals surface area contributed by atoms with Crippen molar-refractivity contribution in [1.82, 2.24) is 10.2 Å². The zero-order chi connectivity index (χ0) is 19.4. The number of amides is 1. The van der Waals surface area contributed by atoms with E-state index in [1.165, 1.54) is 12.1 Å². The fourth-order valence-corrected chi connectivity index (χ4v) is 3.53. The average molecular weight is 408 g/mol. The van der Waals surface area contributed by atoms with E-state index in [4.69, 9.17) is 28.9 Å². The molecular weight excluding hydrogens is 388 g/mol. The number of nitrogens with one attached hydrogen (secondary N) is 1. The Labute approximate surface area is 167 Å². The van der Waals surface area contributed by atoms with Crippen LogP contribution in [-0.4, -0.2) is 23.9 Å². The maximum Gasteiger partial charge on any atom is 0.249 e. The number of hydrogen-bond acceptors (Lipinski definition) is 3. The molecule has 1 aliphatic heterocycles. The monoisotopic (exact) mass is 407 g/mol. The zero-order valence-corrected chi connectivity index (χ0v) is 16.2. The van der Waals surface area contributed by atoms with Crippen molar-refractivity contribution in [1.29, 1.82) is 0 Å². The van der Waals surface area contributed by atoms with Gasteiger partial charge in [-0.2, -0.15) is 0 Å². The smallest absolute Gasteiger partial charge is 0.249 e.